The minimum atomic E-state index is -0.107. The minimum absolute atomic E-state index is 0.0284. The van der Waals surface area contributed by atoms with Crippen molar-refractivity contribution in [3.8, 4) is 5.75 Å². The second-order valence-corrected chi connectivity index (χ2v) is 5.79. The number of hydrogen-bond donors (Lipinski definition) is 0. The number of hydrogen-bond acceptors (Lipinski definition) is 4. The maximum Gasteiger partial charge on any atom is 0.265 e. The Labute approximate surface area is 136 Å². The Balaban J connectivity index is 1.61. The quantitative estimate of drug-likeness (QED) is 0.843. The lowest BCUT2D eigenvalue weighted by Gasteiger charge is -2.34. The number of benzene rings is 1. The van der Waals surface area contributed by atoms with Gasteiger partial charge in [0.05, 0.1) is 18.4 Å². The van der Waals surface area contributed by atoms with Crippen LogP contribution < -0.4 is 9.64 Å². The van der Waals surface area contributed by atoms with Crippen LogP contribution in [0.15, 0.2) is 24.3 Å². The predicted molar refractivity (Wildman–Crippen MR) is 85.5 cm³/mol. The van der Waals surface area contributed by atoms with E-state index in [-0.39, 0.29) is 24.5 Å². The molecule has 1 aromatic carbocycles. The monoisotopic (exact) mass is 318 g/mol. The Morgan fingerprint density at radius 2 is 2.17 bits per heavy atom. The minimum Gasteiger partial charge on any atom is -0.482 e. The van der Waals surface area contributed by atoms with Crippen molar-refractivity contribution in [3.05, 3.63) is 24.3 Å². The molecule has 1 unspecified atom stereocenters. The molecule has 0 N–H and O–H groups in total. The highest BCUT2D eigenvalue weighted by atomic mass is 16.5. The Bertz CT molecular complexity index is 590. The number of rotatable bonds is 4. The molecule has 0 bridgehead atoms. The van der Waals surface area contributed by atoms with E-state index in [1.54, 1.807) is 4.90 Å². The van der Waals surface area contributed by atoms with Crippen molar-refractivity contribution >= 4 is 17.5 Å². The summed E-state index contributed by atoms with van der Waals surface area (Å²) in [5, 5.41) is 0. The van der Waals surface area contributed by atoms with E-state index in [0.717, 1.165) is 12.1 Å². The molecule has 2 amide bonds. The molecule has 0 radical (unpaired) electrons. The first-order valence-electron chi connectivity index (χ1n) is 8.10. The van der Waals surface area contributed by atoms with Crippen molar-refractivity contribution in [1.82, 2.24) is 4.90 Å². The molecule has 0 aliphatic carbocycles. The number of ether oxygens (including phenoxy) is 2. The van der Waals surface area contributed by atoms with Gasteiger partial charge in [0.15, 0.2) is 6.61 Å². The third-order valence-electron chi connectivity index (χ3n) is 4.30. The van der Waals surface area contributed by atoms with E-state index in [9.17, 15) is 9.59 Å². The number of nitrogens with zero attached hydrogens (tertiary/aromatic N) is 2. The number of carbonyl (C=O) groups is 2. The molecule has 23 heavy (non-hydrogen) atoms. The molecule has 0 spiro atoms. The van der Waals surface area contributed by atoms with Crippen LogP contribution in [0.4, 0.5) is 5.69 Å². The number of fused-ring (bicyclic) bond motifs is 1. The van der Waals surface area contributed by atoms with E-state index in [0.29, 0.717) is 38.4 Å². The van der Waals surface area contributed by atoms with Crippen molar-refractivity contribution in [2.75, 3.05) is 37.7 Å². The molecule has 2 aliphatic heterocycles. The summed E-state index contributed by atoms with van der Waals surface area (Å²) in [5.74, 6) is 0.658. The van der Waals surface area contributed by atoms with Crippen molar-refractivity contribution < 1.29 is 19.1 Å². The lowest BCUT2D eigenvalue weighted by atomic mass is 10.2. The van der Waals surface area contributed by atoms with Crippen molar-refractivity contribution in [3.63, 3.8) is 0 Å². The van der Waals surface area contributed by atoms with Crippen LogP contribution in [0, 0.1) is 0 Å². The zero-order valence-corrected chi connectivity index (χ0v) is 13.4. The van der Waals surface area contributed by atoms with Crippen LogP contribution >= 0.6 is 0 Å². The van der Waals surface area contributed by atoms with Gasteiger partial charge in [0.1, 0.15) is 5.75 Å². The predicted octanol–water partition coefficient (Wildman–Crippen LogP) is 1.44. The van der Waals surface area contributed by atoms with Crippen LogP contribution in [-0.2, 0) is 14.3 Å². The van der Waals surface area contributed by atoms with Crippen LogP contribution in [0.25, 0.3) is 0 Å². The van der Waals surface area contributed by atoms with Gasteiger partial charge in [0.2, 0.25) is 5.91 Å². The molecule has 0 aromatic heterocycles. The van der Waals surface area contributed by atoms with Gasteiger partial charge in [-0.2, -0.15) is 0 Å². The van der Waals surface area contributed by atoms with Crippen LogP contribution in [0.1, 0.15) is 19.8 Å². The van der Waals surface area contributed by atoms with Crippen LogP contribution in [-0.4, -0.2) is 55.7 Å². The topological polar surface area (TPSA) is 59.1 Å². The molecule has 1 fully saturated rings. The van der Waals surface area contributed by atoms with Crippen molar-refractivity contribution in [2.24, 2.45) is 0 Å². The van der Waals surface area contributed by atoms with Crippen LogP contribution in [0.5, 0.6) is 5.75 Å². The molecule has 1 saturated heterocycles. The third kappa shape index (κ3) is 3.47. The number of carbonyl (C=O) groups excluding carboxylic acids is 2. The summed E-state index contributed by atoms with van der Waals surface area (Å²) < 4.78 is 11.0. The fourth-order valence-electron chi connectivity index (χ4n) is 2.96. The molecule has 6 nitrogen and oxygen atoms in total. The molecule has 1 aromatic rings. The molecular weight excluding hydrogens is 296 g/mol. The van der Waals surface area contributed by atoms with Gasteiger partial charge < -0.3 is 19.3 Å². The zero-order valence-electron chi connectivity index (χ0n) is 13.4. The Hall–Kier alpha value is -2.08. The van der Waals surface area contributed by atoms with Gasteiger partial charge in [-0.3, -0.25) is 9.59 Å². The van der Waals surface area contributed by atoms with Gasteiger partial charge >= 0.3 is 0 Å². The fraction of sp³-hybridized carbons (Fsp3) is 0.529. The van der Waals surface area contributed by atoms with E-state index in [2.05, 4.69) is 6.92 Å². The fourth-order valence-corrected chi connectivity index (χ4v) is 2.96. The second kappa shape index (κ2) is 7.00. The van der Waals surface area contributed by atoms with Crippen molar-refractivity contribution in [1.29, 1.82) is 0 Å². The van der Waals surface area contributed by atoms with Gasteiger partial charge in [-0.25, -0.2) is 0 Å². The molecule has 0 saturated carbocycles. The maximum atomic E-state index is 12.4. The normalized spacial score (nSPS) is 20.9. The molecule has 2 heterocycles. The average molecular weight is 318 g/mol. The van der Waals surface area contributed by atoms with Gasteiger partial charge in [0.25, 0.3) is 5.91 Å². The zero-order chi connectivity index (χ0) is 16.2. The number of para-hydroxylation sites is 2. The molecule has 1 atom stereocenters. The summed E-state index contributed by atoms with van der Waals surface area (Å²) in [7, 11) is 0. The third-order valence-corrected chi connectivity index (χ3v) is 4.30. The van der Waals surface area contributed by atoms with Gasteiger partial charge in [-0.05, 0) is 18.6 Å². The largest absolute Gasteiger partial charge is 0.482 e. The Morgan fingerprint density at radius 1 is 1.35 bits per heavy atom. The summed E-state index contributed by atoms with van der Waals surface area (Å²) in [4.78, 5) is 28.0. The van der Waals surface area contributed by atoms with E-state index in [1.807, 2.05) is 29.2 Å². The van der Waals surface area contributed by atoms with E-state index in [4.69, 9.17) is 9.47 Å². The first-order chi connectivity index (χ1) is 11.2. The summed E-state index contributed by atoms with van der Waals surface area (Å²) >= 11 is 0. The molecule has 6 heteroatoms. The lowest BCUT2D eigenvalue weighted by Crippen LogP contribution is -2.47. The Morgan fingerprint density at radius 3 is 3.00 bits per heavy atom. The number of anilines is 1. The summed E-state index contributed by atoms with van der Waals surface area (Å²) in [6.07, 6.45) is 1.34. The summed E-state index contributed by atoms with van der Waals surface area (Å²) in [6, 6.07) is 7.42. The van der Waals surface area contributed by atoms with Crippen LogP contribution in [0.3, 0.4) is 0 Å². The highest BCUT2D eigenvalue weighted by Gasteiger charge is 2.27. The standard InChI is InChI=1S/C17H22N2O4/c1-2-13-11-18(9-10-22-13)16(20)7-8-19-14-5-3-4-6-15(14)23-12-17(19)21/h3-6,13H,2,7-12H2,1H3. The lowest BCUT2D eigenvalue weighted by molar-refractivity contribution is -0.138. The first-order valence-corrected chi connectivity index (χ1v) is 8.10. The Kier molecular flexibility index (Phi) is 4.81. The second-order valence-electron chi connectivity index (χ2n) is 5.79. The highest BCUT2D eigenvalue weighted by molar-refractivity contribution is 5.98. The van der Waals surface area contributed by atoms with Crippen LogP contribution in [0.2, 0.25) is 0 Å². The number of amides is 2. The van der Waals surface area contributed by atoms with Gasteiger partial charge in [0, 0.05) is 26.1 Å². The summed E-state index contributed by atoms with van der Waals surface area (Å²) in [5.41, 5.74) is 0.741. The smallest absolute Gasteiger partial charge is 0.265 e. The van der Waals surface area contributed by atoms with Gasteiger partial charge in [-0.15, -0.1) is 0 Å². The highest BCUT2D eigenvalue weighted by Crippen LogP contribution is 2.31. The molecule has 124 valence electrons. The summed E-state index contributed by atoms with van der Waals surface area (Å²) in [6.45, 7) is 4.32. The first kappa shape index (κ1) is 15.8. The van der Waals surface area contributed by atoms with E-state index >= 15 is 0 Å². The number of morpholine rings is 1. The average Bonchev–Trinajstić information content (AvgIpc) is 2.60. The molecule has 3 rings (SSSR count). The van der Waals surface area contributed by atoms with E-state index in [1.165, 1.54) is 0 Å². The van der Waals surface area contributed by atoms with E-state index < -0.39 is 0 Å². The SMILES string of the molecule is CCC1CN(C(=O)CCN2C(=O)COc3ccccc32)CCO1. The molecular formula is C17H22N2O4. The van der Waals surface area contributed by atoms with Gasteiger partial charge in [-0.1, -0.05) is 19.1 Å². The maximum absolute atomic E-state index is 12.4. The van der Waals surface area contributed by atoms with Crippen molar-refractivity contribution in [2.45, 2.75) is 25.9 Å². The molecule has 2 aliphatic rings.